The molecule has 1 rings (SSSR count). The maximum Gasteiger partial charge on any atom is 0.408 e. The van der Waals surface area contributed by atoms with Crippen LogP contribution in [0.5, 0.6) is 0 Å². The zero-order chi connectivity index (χ0) is 13.2. The Bertz CT molecular complexity index is 400. The molecule has 9 heteroatoms. The zero-order valence-corrected chi connectivity index (χ0v) is 9.25. The predicted octanol–water partition coefficient (Wildman–Crippen LogP) is 2.79. The van der Waals surface area contributed by atoms with Crippen LogP contribution in [-0.4, -0.2) is 22.4 Å². The first-order valence-electron chi connectivity index (χ1n) is 4.36. The van der Waals surface area contributed by atoms with Gasteiger partial charge in [-0.25, -0.2) is 4.98 Å². The highest BCUT2D eigenvalue weighted by atomic mass is 35.5. The maximum atomic E-state index is 12.3. The van der Waals surface area contributed by atoms with E-state index in [1.807, 2.05) is 5.32 Å². The lowest BCUT2D eigenvalue weighted by atomic mass is 10.2. The van der Waals surface area contributed by atoms with E-state index < -0.39 is 23.1 Å². The molecule has 0 fully saturated rings. The number of anilines is 2. The van der Waals surface area contributed by atoms with Gasteiger partial charge < -0.3 is 15.8 Å². The van der Waals surface area contributed by atoms with Crippen molar-refractivity contribution in [3.05, 3.63) is 22.6 Å². The molecular weight excluding hydrogens is 263 g/mol. The summed E-state index contributed by atoms with van der Waals surface area (Å²) in [5.74, 6) is 0. The Morgan fingerprint density at radius 1 is 1.59 bits per heavy atom. The number of hydrogen-bond donors (Lipinski definition) is 2. The number of hydrogen-bond acceptors (Lipinski definition) is 5. The van der Waals surface area contributed by atoms with Gasteiger partial charge in [0.05, 0.1) is 17.6 Å². The molecule has 17 heavy (non-hydrogen) atoms. The van der Waals surface area contributed by atoms with E-state index in [0.717, 1.165) is 19.2 Å². The molecule has 0 amide bonds. The average Bonchev–Trinajstić information content (AvgIpc) is 2.15. The third-order valence-electron chi connectivity index (χ3n) is 1.92. The van der Waals surface area contributed by atoms with Crippen molar-refractivity contribution in [3.8, 4) is 0 Å². The molecule has 2 N–H and O–H groups in total. The first kappa shape index (κ1) is 13.8. The summed E-state index contributed by atoms with van der Waals surface area (Å²) in [6.45, 7) is 0.866. The van der Waals surface area contributed by atoms with Gasteiger partial charge in [0.1, 0.15) is 11.2 Å². The topological polar surface area (TPSA) is 71.5 Å². The lowest BCUT2D eigenvalue weighted by Crippen LogP contribution is -2.33. The second-order valence-electron chi connectivity index (χ2n) is 3.20. The van der Waals surface area contributed by atoms with Crippen LogP contribution in [0.4, 0.5) is 24.5 Å². The average molecular weight is 271 g/mol. The molecule has 5 nitrogen and oxygen atoms in total. The number of aromatic nitrogens is 1. The first-order chi connectivity index (χ1) is 7.71. The van der Waals surface area contributed by atoms with Crippen LogP contribution in [0.3, 0.4) is 0 Å². The number of pyridine rings is 1. The SMILES string of the molecule is CC(Nc1cc(Cl)ncc1N([O-])O)C(F)(F)F. The number of nitrogens with zero attached hydrogens (tertiary/aromatic N) is 2. The highest BCUT2D eigenvalue weighted by Gasteiger charge is 2.36. The van der Waals surface area contributed by atoms with Crippen LogP contribution in [0.2, 0.25) is 5.15 Å². The van der Waals surface area contributed by atoms with Crippen LogP contribution in [0.25, 0.3) is 0 Å². The summed E-state index contributed by atoms with van der Waals surface area (Å²) < 4.78 is 36.9. The molecule has 0 saturated heterocycles. The van der Waals surface area contributed by atoms with Gasteiger partial charge in [0.2, 0.25) is 0 Å². The fourth-order valence-corrected chi connectivity index (χ4v) is 1.16. The third kappa shape index (κ3) is 3.62. The minimum Gasteiger partial charge on any atom is -0.733 e. The van der Waals surface area contributed by atoms with E-state index in [0.29, 0.717) is 0 Å². The smallest absolute Gasteiger partial charge is 0.408 e. The molecule has 1 atom stereocenters. The summed E-state index contributed by atoms with van der Waals surface area (Å²) >= 11 is 5.48. The van der Waals surface area contributed by atoms with E-state index >= 15 is 0 Å². The summed E-state index contributed by atoms with van der Waals surface area (Å²) in [6, 6.07) is -0.889. The number of alkyl halides is 3. The molecule has 1 aromatic rings. The number of rotatable bonds is 3. The van der Waals surface area contributed by atoms with Gasteiger partial charge in [0.25, 0.3) is 0 Å². The summed E-state index contributed by atoms with van der Waals surface area (Å²) in [5.41, 5.74) is -0.710. The lowest BCUT2D eigenvalue weighted by Gasteiger charge is -2.26. The van der Waals surface area contributed by atoms with Crippen LogP contribution in [0, 0.1) is 5.21 Å². The van der Waals surface area contributed by atoms with Crippen LogP contribution >= 0.6 is 11.6 Å². The second-order valence-corrected chi connectivity index (χ2v) is 3.59. The van der Waals surface area contributed by atoms with Crippen LogP contribution in [-0.2, 0) is 0 Å². The van der Waals surface area contributed by atoms with Gasteiger partial charge in [-0.1, -0.05) is 11.6 Å². The van der Waals surface area contributed by atoms with E-state index in [1.54, 1.807) is 0 Å². The van der Waals surface area contributed by atoms with Crippen molar-refractivity contribution in [2.45, 2.75) is 19.1 Å². The normalized spacial score (nSPS) is 13.4. The fourth-order valence-electron chi connectivity index (χ4n) is 1.01. The summed E-state index contributed by atoms with van der Waals surface area (Å²) in [5, 5.41) is 20.7. The molecule has 0 aliphatic carbocycles. The van der Waals surface area contributed by atoms with Gasteiger partial charge in [-0.3, -0.25) is 5.21 Å². The minimum absolute atomic E-state index is 0.104. The van der Waals surface area contributed by atoms with Gasteiger partial charge in [-0.05, 0) is 6.92 Å². The number of nitrogens with one attached hydrogen (secondary N) is 1. The third-order valence-corrected chi connectivity index (χ3v) is 2.13. The van der Waals surface area contributed by atoms with Crippen molar-refractivity contribution in [3.63, 3.8) is 0 Å². The number of halogens is 4. The van der Waals surface area contributed by atoms with Crippen molar-refractivity contribution in [1.82, 2.24) is 4.98 Å². The quantitative estimate of drug-likeness (QED) is 0.653. The molecule has 0 spiro atoms. The van der Waals surface area contributed by atoms with Crippen molar-refractivity contribution >= 4 is 23.0 Å². The molecule has 0 aromatic carbocycles. The van der Waals surface area contributed by atoms with E-state index in [2.05, 4.69) is 4.98 Å². The van der Waals surface area contributed by atoms with Crippen molar-refractivity contribution in [2.24, 2.45) is 0 Å². The Morgan fingerprint density at radius 2 is 2.18 bits per heavy atom. The van der Waals surface area contributed by atoms with Crippen LogP contribution < -0.4 is 10.5 Å². The molecular formula is C8H8ClF3N3O2-. The Kier molecular flexibility index (Phi) is 4.02. The first-order valence-corrected chi connectivity index (χ1v) is 4.74. The maximum absolute atomic E-state index is 12.3. The second kappa shape index (κ2) is 4.94. The molecule has 0 saturated carbocycles. The summed E-state index contributed by atoms with van der Waals surface area (Å²) in [6.07, 6.45) is -3.63. The van der Waals surface area contributed by atoms with Crippen molar-refractivity contribution < 1.29 is 18.4 Å². The molecule has 0 aliphatic rings. The van der Waals surface area contributed by atoms with Gasteiger partial charge in [0, 0.05) is 6.07 Å². The Balaban J connectivity index is 3.00. The van der Waals surface area contributed by atoms with Crippen LogP contribution in [0.1, 0.15) is 6.92 Å². The van der Waals surface area contributed by atoms with E-state index in [9.17, 15) is 18.4 Å². The molecule has 1 unspecified atom stereocenters. The molecule has 0 radical (unpaired) electrons. The van der Waals surface area contributed by atoms with Crippen molar-refractivity contribution in [1.29, 1.82) is 0 Å². The molecule has 96 valence electrons. The summed E-state index contributed by atoms with van der Waals surface area (Å²) in [7, 11) is 0. The van der Waals surface area contributed by atoms with Gasteiger partial charge in [-0.15, -0.1) is 0 Å². The van der Waals surface area contributed by atoms with Gasteiger partial charge in [0.15, 0.2) is 0 Å². The molecule has 1 heterocycles. The highest BCUT2D eigenvalue weighted by molar-refractivity contribution is 6.29. The molecule has 0 bridgehead atoms. The van der Waals surface area contributed by atoms with Crippen LogP contribution in [0.15, 0.2) is 12.3 Å². The predicted molar refractivity (Wildman–Crippen MR) is 56.0 cm³/mol. The largest absolute Gasteiger partial charge is 0.733 e. The van der Waals surface area contributed by atoms with E-state index in [-0.39, 0.29) is 10.8 Å². The molecule has 1 aromatic heterocycles. The van der Waals surface area contributed by atoms with Gasteiger partial charge in [-0.2, -0.15) is 13.2 Å². The van der Waals surface area contributed by atoms with E-state index in [4.69, 9.17) is 16.8 Å². The fraction of sp³-hybridized carbons (Fsp3) is 0.375. The standard InChI is InChI=1S/C8H8ClF3N3O2/c1-4(8(10,11)12)14-5-2-7(9)13-3-6(5)15(16)17/h2-4,16H,1H3,(H,13,14)/q-1. The van der Waals surface area contributed by atoms with E-state index in [1.165, 1.54) is 0 Å². The highest BCUT2D eigenvalue weighted by Crippen LogP contribution is 2.30. The Labute approximate surface area is 99.4 Å². The monoisotopic (exact) mass is 270 g/mol. The molecule has 0 aliphatic heterocycles. The Hall–Kier alpha value is -1.25. The van der Waals surface area contributed by atoms with Crippen molar-refractivity contribution in [2.75, 3.05) is 10.5 Å². The minimum atomic E-state index is -4.49. The lowest BCUT2D eigenvalue weighted by molar-refractivity contribution is -0.138. The Morgan fingerprint density at radius 3 is 2.65 bits per heavy atom. The summed E-state index contributed by atoms with van der Waals surface area (Å²) in [4.78, 5) is 3.47. The zero-order valence-electron chi connectivity index (χ0n) is 8.49. The van der Waals surface area contributed by atoms with Gasteiger partial charge >= 0.3 is 6.18 Å².